The van der Waals surface area contributed by atoms with Gasteiger partial charge in [-0.05, 0) is 60.0 Å². The van der Waals surface area contributed by atoms with E-state index in [0.29, 0.717) is 0 Å². The van der Waals surface area contributed by atoms with E-state index in [1.54, 1.807) is 19.9 Å². The molecule has 2 saturated heterocycles. The van der Waals surface area contributed by atoms with Crippen LogP contribution >= 0.6 is 0 Å². The third kappa shape index (κ3) is 12.4. The standard InChI is InChI=1S/C31H53NO16S/c1-9-31(8,48-49(40,41)42)11-10-20(34)15(4)13-19(12-14(2)3)45-29-25(38)27(23(36)18(7)43-29)47-30-24(37)26(22(35)17(6)44-30)46-28(39)21(32)16(5)33/h9,12,16-27,29-30,33-38H,1,4,10-11,13,32H2,2-3,5-8H3,(H,40,41,42)/t16?,17-,18-,19?,20?,21?,22-,23-,24+,25+,26+,27+,29-,30-,31?/m0/s1. The molecule has 17 nitrogen and oxygen atoms in total. The van der Waals surface area contributed by atoms with Gasteiger partial charge in [-0.25, -0.2) is 4.18 Å². The zero-order chi connectivity index (χ0) is 37.6. The summed E-state index contributed by atoms with van der Waals surface area (Å²) in [5, 5.41) is 64.2. The highest BCUT2D eigenvalue weighted by molar-refractivity contribution is 7.80. The molecule has 15 atom stereocenters. The van der Waals surface area contributed by atoms with Crippen LogP contribution in [-0.4, -0.2) is 141 Å². The molecule has 0 bridgehead atoms. The van der Waals surface area contributed by atoms with Crippen molar-refractivity contribution in [2.45, 2.75) is 152 Å². The number of carbonyl (C=O) groups excluding carboxylic acids is 1. The Kier molecular flexibility index (Phi) is 15.9. The minimum atomic E-state index is -4.80. The first kappa shape index (κ1) is 43.3. The average Bonchev–Trinajstić information content (AvgIpc) is 2.99. The van der Waals surface area contributed by atoms with Crippen molar-refractivity contribution in [3.05, 3.63) is 36.5 Å². The number of aliphatic hydroxyl groups excluding tert-OH is 6. The summed E-state index contributed by atoms with van der Waals surface area (Å²) in [6.45, 7) is 16.5. The van der Waals surface area contributed by atoms with Crippen LogP contribution in [0.2, 0.25) is 0 Å². The number of aliphatic hydroxyl groups is 6. The molecule has 0 aromatic heterocycles. The Morgan fingerprint density at radius 1 is 1.00 bits per heavy atom. The number of hydrogen-bond acceptors (Lipinski definition) is 16. The molecular weight excluding hydrogens is 674 g/mol. The first-order chi connectivity index (χ1) is 22.5. The summed E-state index contributed by atoms with van der Waals surface area (Å²) in [4.78, 5) is 12.4. The van der Waals surface area contributed by atoms with Crippen molar-refractivity contribution < 1.29 is 76.3 Å². The number of carbonyl (C=O) groups is 1. The van der Waals surface area contributed by atoms with E-state index in [2.05, 4.69) is 17.3 Å². The Labute approximate surface area is 286 Å². The SMILES string of the molecule is C=CC(C)(CCC(O)C(=C)CC(C=C(C)C)O[C@@H]1O[C@@H](C)[C@H](O)[C@@H](O[C@@H]2O[C@@H](C)[C@H](O)[C@@H](OC(=O)C(N)C(C)O)[C@H]2O)[C@H]1O)OS(=O)(=O)O. The van der Waals surface area contributed by atoms with Gasteiger partial charge in [0.05, 0.1) is 30.5 Å². The maximum absolute atomic E-state index is 12.4. The normalized spacial score (nSPS) is 34.5. The molecule has 2 heterocycles. The maximum atomic E-state index is 12.4. The first-order valence-corrected chi connectivity index (χ1v) is 17.2. The van der Waals surface area contributed by atoms with Crippen LogP contribution in [0, 0.1) is 0 Å². The summed E-state index contributed by atoms with van der Waals surface area (Å²) in [6, 6.07) is -1.47. The van der Waals surface area contributed by atoms with Crippen LogP contribution in [0.25, 0.3) is 0 Å². The predicted molar refractivity (Wildman–Crippen MR) is 172 cm³/mol. The second kappa shape index (κ2) is 18.1. The van der Waals surface area contributed by atoms with E-state index in [0.717, 1.165) is 5.57 Å². The van der Waals surface area contributed by atoms with E-state index in [9.17, 15) is 43.9 Å². The second-order valence-electron chi connectivity index (χ2n) is 13.0. The fourth-order valence-corrected chi connectivity index (χ4v) is 5.85. The Balaban J connectivity index is 2.19. The summed E-state index contributed by atoms with van der Waals surface area (Å²) in [5.41, 5.74) is 5.18. The van der Waals surface area contributed by atoms with Crippen LogP contribution < -0.4 is 5.73 Å². The maximum Gasteiger partial charge on any atom is 0.398 e. The lowest BCUT2D eigenvalue weighted by Crippen LogP contribution is -2.64. The third-order valence-electron chi connectivity index (χ3n) is 8.30. The van der Waals surface area contributed by atoms with Crippen molar-refractivity contribution in [1.29, 1.82) is 0 Å². The van der Waals surface area contributed by atoms with Gasteiger partial charge in [0.15, 0.2) is 18.7 Å². The number of hydrogen-bond donors (Lipinski definition) is 8. The van der Waals surface area contributed by atoms with Crippen LogP contribution in [0.3, 0.4) is 0 Å². The molecule has 5 unspecified atom stereocenters. The zero-order valence-corrected chi connectivity index (χ0v) is 29.4. The summed E-state index contributed by atoms with van der Waals surface area (Å²) in [6.07, 6.45) is -15.2. The third-order valence-corrected chi connectivity index (χ3v) is 8.89. The molecule has 2 aliphatic rings. The molecule has 9 N–H and O–H groups in total. The zero-order valence-electron chi connectivity index (χ0n) is 28.6. The minimum absolute atomic E-state index is 0.00678. The van der Waals surface area contributed by atoms with Gasteiger partial charge in [0, 0.05) is 6.42 Å². The van der Waals surface area contributed by atoms with Gasteiger partial charge in [-0.3, -0.25) is 9.35 Å². The Hall–Kier alpha value is -1.88. The van der Waals surface area contributed by atoms with Gasteiger partial charge in [-0.15, -0.1) is 6.58 Å². The predicted octanol–water partition coefficient (Wildman–Crippen LogP) is -0.872. The molecule has 0 aromatic carbocycles. The van der Waals surface area contributed by atoms with Crippen LogP contribution in [0.1, 0.15) is 60.8 Å². The summed E-state index contributed by atoms with van der Waals surface area (Å²) >= 11 is 0. The van der Waals surface area contributed by atoms with Crippen molar-refractivity contribution in [3.8, 4) is 0 Å². The van der Waals surface area contributed by atoms with E-state index in [4.69, 9.17) is 34.0 Å². The van der Waals surface area contributed by atoms with E-state index >= 15 is 0 Å². The molecule has 2 rings (SSSR count). The average molecular weight is 728 g/mol. The van der Waals surface area contributed by atoms with Gasteiger partial charge in [0.25, 0.3) is 0 Å². The quantitative estimate of drug-likeness (QED) is 0.0514. The molecule has 0 amide bonds. The number of esters is 1. The van der Waals surface area contributed by atoms with Crippen LogP contribution in [0.4, 0.5) is 0 Å². The van der Waals surface area contributed by atoms with Crippen molar-refractivity contribution in [3.63, 3.8) is 0 Å². The summed E-state index contributed by atoms with van der Waals surface area (Å²) in [7, 11) is -4.80. The van der Waals surface area contributed by atoms with Crippen molar-refractivity contribution in [1.82, 2.24) is 0 Å². The van der Waals surface area contributed by atoms with Crippen molar-refractivity contribution in [2.24, 2.45) is 5.73 Å². The largest absolute Gasteiger partial charge is 0.455 e. The molecule has 0 spiro atoms. The van der Waals surface area contributed by atoms with Crippen LogP contribution in [-0.2, 0) is 43.1 Å². The molecule has 0 radical (unpaired) electrons. The Bertz CT molecular complexity index is 1260. The number of nitrogens with two attached hydrogens (primary N) is 1. The molecule has 0 aliphatic carbocycles. The van der Waals surface area contributed by atoms with Crippen molar-refractivity contribution >= 4 is 16.4 Å². The van der Waals surface area contributed by atoms with Crippen molar-refractivity contribution in [2.75, 3.05) is 0 Å². The Morgan fingerprint density at radius 2 is 1.53 bits per heavy atom. The molecule has 2 fully saturated rings. The van der Waals surface area contributed by atoms with Gasteiger partial charge in [0.2, 0.25) is 0 Å². The van der Waals surface area contributed by atoms with Gasteiger partial charge in [-0.1, -0.05) is 24.3 Å². The highest BCUT2D eigenvalue weighted by atomic mass is 32.3. The van der Waals surface area contributed by atoms with E-state index in [-0.39, 0.29) is 24.8 Å². The molecule has 284 valence electrons. The monoisotopic (exact) mass is 727 g/mol. The smallest absolute Gasteiger partial charge is 0.398 e. The van der Waals surface area contributed by atoms with E-state index < -0.39 is 108 Å². The number of ether oxygens (including phenoxy) is 5. The molecule has 2 aliphatic heterocycles. The van der Waals surface area contributed by atoms with Gasteiger partial charge in [0.1, 0.15) is 42.2 Å². The Morgan fingerprint density at radius 3 is 2.04 bits per heavy atom. The molecule has 0 aromatic rings. The molecule has 49 heavy (non-hydrogen) atoms. The highest BCUT2D eigenvalue weighted by Gasteiger charge is 2.51. The fraction of sp³-hybridized carbons (Fsp3) is 0.774. The summed E-state index contributed by atoms with van der Waals surface area (Å²) in [5.74, 6) is -1.10. The van der Waals surface area contributed by atoms with E-state index in [1.165, 1.54) is 33.8 Å². The topological polar surface area (TPSA) is 274 Å². The minimum Gasteiger partial charge on any atom is -0.455 e. The molecule has 0 saturated carbocycles. The van der Waals surface area contributed by atoms with Gasteiger partial charge < -0.3 is 60.1 Å². The van der Waals surface area contributed by atoms with Crippen LogP contribution in [0.15, 0.2) is 36.5 Å². The lowest BCUT2D eigenvalue weighted by molar-refractivity contribution is -0.356. The fourth-order valence-electron chi connectivity index (χ4n) is 5.21. The van der Waals surface area contributed by atoms with E-state index in [1.807, 2.05) is 0 Å². The summed E-state index contributed by atoms with van der Waals surface area (Å²) < 4.78 is 64.6. The van der Waals surface area contributed by atoms with Crippen LogP contribution in [0.5, 0.6) is 0 Å². The first-order valence-electron chi connectivity index (χ1n) is 15.8. The molecular formula is C31H53NO16S. The van der Waals surface area contributed by atoms with Gasteiger partial charge >= 0.3 is 16.4 Å². The number of rotatable bonds is 17. The highest BCUT2D eigenvalue weighted by Crippen LogP contribution is 2.32. The number of allylic oxidation sites excluding steroid dienone is 1. The lowest BCUT2D eigenvalue weighted by atomic mass is 9.93. The van der Waals surface area contributed by atoms with Gasteiger partial charge in [-0.2, -0.15) is 8.42 Å². The molecule has 18 heteroatoms. The second-order valence-corrected chi connectivity index (χ2v) is 14.0. The lowest BCUT2D eigenvalue weighted by Gasteiger charge is -2.46.